The Morgan fingerprint density at radius 3 is 2.67 bits per heavy atom. The van der Waals surface area contributed by atoms with Crippen LogP contribution in [0.5, 0.6) is 0 Å². The van der Waals surface area contributed by atoms with Crippen LogP contribution in [-0.2, 0) is 17.8 Å². The molecule has 0 saturated carbocycles. The maximum atomic E-state index is 12.3. The number of hydrogen-bond donors (Lipinski definition) is 2. The second-order valence-electron chi connectivity index (χ2n) is 5.78. The second-order valence-corrected chi connectivity index (χ2v) is 5.78. The Morgan fingerprint density at radius 2 is 1.96 bits per heavy atom. The Labute approximate surface area is 141 Å². The zero-order chi connectivity index (χ0) is 16.8. The van der Waals surface area contributed by atoms with Gasteiger partial charge in [0.2, 0.25) is 0 Å². The summed E-state index contributed by atoms with van der Waals surface area (Å²) < 4.78 is 5.36. The van der Waals surface area contributed by atoms with E-state index in [1.54, 1.807) is 18.3 Å². The van der Waals surface area contributed by atoms with E-state index < -0.39 is 0 Å². The van der Waals surface area contributed by atoms with Gasteiger partial charge in [0.15, 0.2) is 0 Å². The van der Waals surface area contributed by atoms with Gasteiger partial charge in [-0.15, -0.1) is 0 Å². The Balaban J connectivity index is 1.59. The number of aromatic nitrogens is 1. The van der Waals surface area contributed by atoms with Crippen molar-refractivity contribution in [2.75, 3.05) is 31.6 Å². The van der Waals surface area contributed by atoms with Crippen LogP contribution in [0, 0.1) is 0 Å². The fourth-order valence-corrected chi connectivity index (χ4v) is 2.65. The summed E-state index contributed by atoms with van der Waals surface area (Å²) in [5, 5.41) is 2.90. The maximum Gasteiger partial charge on any atom is 0.255 e. The highest BCUT2D eigenvalue weighted by atomic mass is 16.5. The van der Waals surface area contributed by atoms with E-state index in [1.165, 1.54) is 5.56 Å². The molecule has 2 aromatic rings. The highest BCUT2D eigenvalue weighted by molar-refractivity contribution is 6.04. The van der Waals surface area contributed by atoms with Crippen molar-refractivity contribution in [1.82, 2.24) is 9.88 Å². The van der Waals surface area contributed by atoms with Crippen molar-refractivity contribution in [3.05, 3.63) is 59.4 Å². The number of carbonyl (C=O) groups excluding carboxylic acids is 1. The number of benzene rings is 1. The number of rotatable bonds is 5. The summed E-state index contributed by atoms with van der Waals surface area (Å²) in [6.45, 7) is 4.74. The Bertz CT molecular complexity index is 682. The molecule has 0 bridgehead atoms. The smallest absolute Gasteiger partial charge is 0.255 e. The van der Waals surface area contributed by atoms with Gasteiger partial charge >= 0.3 is 0 Å². The molecule has 0 atom stereocenters. The Hall–Kier alpha value is -2.28. The average Bonchev–Trinajstić information content (AvgIpc) is 2.64. The molecule has 1 amide bonds. The van der Waals surface area contributed by atoms with Crippen molar-refractivity contribution in [2.45, 2.75) is 13.1 Å². The van der Waals surface area contributed by atoms with E-state index in [0.717, 1.165) is 38.5 Å². The van der Waals surface area contributed by atoms with E-state index in [2.05, 4.69) is 15.2 Å². The molecule has 126 valence electrons. The van der Waals surface area contributed by atoms with Gasteiger partial charge in [-0.1, -0.05) is 12.1 Å². The van der Waals surface area contributed by atoms with Crippen LogP contribution in [0.1, 0.15) is 21.6 Å². The molecule has 6 nitrogen and oxygen atoms in total. The minimum Gasteiger partial charge on any atom is -0.379 e. The minimum atomic E-state index is -0.159. The summed E-state index contributed by atoms with van der Waals surface area (Å²) in [5.74, 6) is -0.159. The largest absolute Gasteiger partial charge is 0.379 e. The van der Waals surface area contributed by atoms with Crippen molar-refractivity contribution in [3.63, 3.8) is 0 Å². The van der Waals surface area contributed by atoms with Gasteiger partial charge in [0, 0.05) is 43.6 Å². The summed E-state index contributed by atoms with van der Waals surface area (Å²) in [6, 6.07) is 11.3. The van der Waals surface area contributed by atoms with Gasteiger partial charge in [-0.3, -0.25) is 14.7 Å². The lowest BCUT2D eigenvalue weighted by Crippen LogP contribution is -2.35. The van der Waals surface area contributed by atoms with Crippen molar-refractivity contribution in [1.29, 1.82) is 0 Å². The summed E-state index contributed by atoms with van der Waals surface area (Å²) in [6.07, 6.45) is 1.60. The fourth-order valence-electron chi connectivity index (χ4n) is 2.65. The predicted molar refractivity (Wildman–Crippen MR) is 92.6 cm³/mol. The third-order valence-electron chi connectivity index (χ3n) is 4.01. The molecule has 1 fully saturated rings. The van der Waals surface area contributed by atoms with Crippen LogP contribution in [0.15, 0.2) is 42.6 Å². The van der Waals surface area contributed by atoms with E-state index in [4.69, 9.17) is 10.5 Å². The zero-order valence-corrected chi connectivity index (χ0v) is 13.6. The van der Waals surface area contributed by atoms with Crippen LogP contribution in [0.2, 0.25) is 0 Å². The van der Waals surface area contributed by atoms with E-state index in [-0.39, 0.29) is 5.91 Å². The SMILES string of the molecule is NCc1cc(C(=O)Nc2ccc(CN3CCOCC3)cc2)ccn1. The summed E-state index contributed by atoms with van der Waals surface area (Å²) in [4.78, 5) is 18.7. The van der Waals surface area contributed by atoms with E-state index in [1.807, 2.05) is 24.3 Å². The van der Waals surface area contributed by atoms with Crippen molar-refractivity contribution in [2.24, 2.45) is 5.73 Å². The van der Waals surface area contributed by atoms with Gasteiger partial charge in [0.05, 0.1) is 18.9 Å². The Morgan fingerprint density at radius 1 is 1.21 bits per heavy atom. The number of morpholine rings is 1. The molecule has 1 aliphatic rings. The number of anilines is 1. The molecule has 2 heterocycles. The quantitative estimate of drug-likeness (QED) is 0.873. The Kier molecular flexibility index (Phi) is 5.53. The molecule has 0 unspecified atom stereocenters. The number of nitrogens with two attached hydrogens (primary N) is 1. The summed E-state index contributed by atoms with van der Waals surface area (Å²) in [7, 11) is 0. The standard InChI is InChI=1S/C18H22N4O2/c19-12-17-11-15(5-6-20-17)18(23)21-16-3-1-14(2-4-16)13-22-7-9-24-10-8-22/h1-6,11H,7-10,12-13,19H2,(H,21,23). The predicted octanol–water partition coefficient (Wildman–Crippen LogP) is 1.62. The van der Waals surface area contributed by atoms with Crippen LogP contribution >= 0.6 is 0 Å². The van der Waals surface area contributed by atoms with Crippen LogP contribution in [0.25, 0.3) is 0 Å². The van der Waals surface area contributed by atoms with Gasteiger partial charge in [0.25, 0.3) is 5.91 Å². The van der Waals surface area contributed by atoms with Crippen molar-refractivity contribution in [3.8, 4) is 0 Å². The third-order valence-corrected chi connectivity index (χ3v) is 4.01. The van der Waals surface area contributed by atoms with Gasteiger partial charge in [-0.05, 0) is 29.8 Å². The van der Waals surface area contributed by atoms with Crippen molar-refractivity contribution < 1.29 is 9.53 Å². The number of nitrogens with one attached hydrogen (secondary N) is 1. The molecular formula is C18H22N4O2. The fraction of sp³-hybridized carbons (Fsp3) is 0.333. The van der Waals surface area contributed by atoms with Gasteiger partial charge in [-0.25, -0.2) is 0 Å². The molecule has 0 spiro atoms. The molecule has 0 aliphatic carbocycles. The first-order valence-corrected chi connectivity index (χ1v) is 8.10. The van der Waals surface area contributed by atoms with Gasteiger partial charge in [0.1, 0.15) is 0 Å². The summed E-state index contributed by atoms with van der Waals surface area (Å²) in [5.41, 5.74) is 8.82. The lowest BCUT2D eigenvalue weighted by molar-refractivity contribution is 0.0342. The van der Waals surface area contributed by atoms with E-state index in [9.17, 15) is 4.79 Å². The third kappa shape index (κ3) is 4.38. The number of ether oxygens (including phenoxy) is 1. The monoisotopic (exact) mass is 326 g/mol. The first-order valence-electron chi connectivity index (χ1n) is 8.10. The molecular weight excluding hydrogens is 304 g/mol. The van der Waals surface area contributed by atoms with Gasteiger partial charge in [-0.2, -0.15) is 0 Å². The maximum absolute atomic E-state index is 12.3. The van der Waals surface area contributed by atoms with Gasteiger partial charge < -0.3 is 15.8 Å². The molecule has 3 N–H and O–H groups in total. The number of carbonyl (C=O) groups is 1. The van der Waals surface area contributed by atoms with Crippen LogP contribution in [0.3, 0.4) is 0 Å². The molecule has 1 aromatic heterocycles. The first kappa shape index (κ1) is 16.6. The van der Waals surface area contributed by atoms with Crippen LogP contribution in [-0.4, -0.2) is 42.1 Å². The number of hydrogen-bond acceptors (Lipinski definition) is 5. The van der Waals surface area contributed by atoms with Crippen LogP contribution < -0.4 is 11.1 Å². The highest BCUT2D eigenvalue weighted by Gasteiger charge is 2.11. The number of nitrogens with zero attached hydrogens (tertiary/aromatic N) is 2. The number of amides is 1. The van der Waals surface area contributed by atoms with Crippen LogP contribution in [0.4, 0.5) is 5.69 Å². The van der Waals surface area contributed by atoms with E-state index in [0.29, 0.717) is 17.8 Å². The molecule has 3 rings (SSSR count). The molecule has 0 radical (unpaired) electrons. The van der Waals surface area contributed by atoms with E-state index >= 15 is 0 Å². The molecule has 6 heteroatoms. The topological polar surface area (TPSA) is 80.5 Å². The average molecular weight is 326 g/mol. The molecule has 1 saturated heterocycles. The normalized spacial score (nSPS) is 15.2. The lowest BCUT2D eigenvalue weighted by Gasteiger charge is -2.26. The molecule has 1 aliphatic heterocycles. The van der Waals surface area contributed by atoms with Crippen molar-refractivity contribution >= 4 is 11.6 Å². The first-order chi connectivity index (χ1) is 11.7. The highest BCUT2D eigenvalue weighted by Crippen LogP contribution is 2.14. The zero-order valence-electron chi connectivity index (χ0n) is 13.6. The lowest BCUT2D eigenvalue weighted by atomic mass is 10.1. The minimum absolute atomic E-state index is 0.159. The summed E-state index contributed by atoms with van der Waals surface area (Å²) >= 11 is 0. The molecule has 1 aromatic carbocycles. The second kappa shape index (κ2) is 8.01. The number of pyridine rings is 1. The molecule has 24 heavy (non-hydrogen) atoms.